The number of primary amides is 1. The van der Waals surface area contributed by atoms with Crippen molar-refractivity contribution in [1.29, 1.82) is 0 Å². The number of anilines is 1. The summed E-state index contributed by atoms with van der Waals surface area (Å²) in [5.74, 6) is -0.802. The monoisotopic (exact) mass is 194 g/mol. The van der Waals surface area contributed by atoms with Crippen LogP contribution in [0, 0.1) is 6.92 Å². The Morgan fingerprint density at radius 1 is 1.36 bits per heavy atom. The van der Waals surface area contributed by atoms with Gasteiger partial charge < -0.3 is 16.2 Å². The van der Waals surface area contributed by atoms with E-state index in [1.165, 1.54) is 12.1 Å². The van der Waals surface area contributed by atoms with Gasteiger partial charge in [0.15, 0.2) is 0 Å². The molecule has 0 aliphatic carbocycles. The predicted molar refractivity (Wildman–Crippen MR) is 50.6 cm³/mol. The maximum atomic E-state index is 11.1. The molecule has 0 fully saturated rings. The molecule has 5 nitrogen and oxygen atoms in total. The van der Waals surface area contributed by atoms with Crippen LogP contribution in [0.2, 0.25) is 0 Å². The third-order valence-electron chi connectivity index (χ3n) is 1.71. The zero-order valence-electron chi connectivity index (χ0n) is 7.61. The minimum Gasteiger partial charge on any atom is -0.398 e. The van der Waals surface area contributed by atoms with Gasteiger partial charge in [-0.15, -0.1) is 0 Å². The van der Waals surface area contributed by atoms with E-state index in [1.54, 1.807) is 13.0 Å². The number of amides is 1. The van der Waals surface area contributed by atoms with E-state index in [1.807, 2.05) is 0 Å². The Bertz CT molecular complexity index is 388. The van der Waals surface area contributed by atoms with Gasteiger partial charge in [0.2, 0.25) is 0 Å². The molecular weight excluding hydrogens is 184 g/mol. The number of carbonyl (C=O) groups is 2. The van der Waals surface area contributed by atoms with Crippen LogP contribution in [0.15, 0.2) is 18.2 Å². The summed E-state index contributed by atoms with van der Waals surface area (Å²) >= 11 is 0. The molecule has 1 aromatic carbocycles. The van der Waals surface area contributed by atoms with E-state index in [0.29, 0.717) is 5.69 Å². The van der Waals surface area contributed by atoms with Crippen molar-refractivity contribution in [2.24, 2.45) is 5.73 Å². The summed E-state index contributed by atoms with van der Waals surface area (Å²) in [4.78, 5) is 21.4. The van der Waals surface area contributed by atoms with Crippen LogP contribution in [0.3, 0.4) is 0 Å². The third-order valence-corrected chi connectivity index (χ3v) is 1.71. The van der Waals surface area contributed by atoms with Crippen molar-refractivity contribution < 1.29 is 14.3 Å². The quantitative estimate of drug-likeness (QED) is 0.393. The van der Waals surface area contributed by atoms with Crippen molar-refractivity contribution in [3.05, 3.63) is 29.3 Å². The summed E-state index contributed by atoms with van der Waals surface area (Å²) in [6.45, 7) is 1.80. The zero-order chi connectivity index (χ0) is 10.7. The van der Waals surface area contributed by atoms with Crippen molar-refractivity contribution in [1.82, 2.24) is 0 Å². The Labute approximate surface area is 80.6 Å². The van der Waals surface area contributed by atoms with Crippen molar-refractivity contribution in [2.45, 2.75) is 6.92 Å². The molecule has 0 heterocycles. The van der Waals surface area contributed by atoms with Crippen LogP contribution < -0.4 is 11.5 Å². The summed E-state index contributed by atoms with van der Waals surface area (Å²) in [5, 5.41) is 0. The Morgan fingerprint density at radius 3 is 2.50 bits per heavy atom. The van der Waals surface area contributed by atoms with Crippen LogP contribution in [0.1, 0.15) is 15.9 Å². The van der Waals surface area contributed by atoms with E-state index in [2.05, 4.69) is 10.5 Å². The number of hydrogen-bond acceptors (Lipinski definition) is 4. The van der Waals surface area contributed by atoms with E-state index in [-0.39, 0.29) is 5.56 Å². The largest absolute Gasteiger partial charge is 0.412 e. The smallest absolute Gasteiger partial charge is 0.398 e. The number of carbonyl (C=O) groups excluding carboxylic acids is 2. The minimum absolute atomic E-state index is 0.201. The normalized spacial score (nSPS) is 9.50. The average Bonchev–Trinajstić information content (AvgIpc) is 2.08. The molecular formula is C9H10N2O3. The number of rotatable bonds is 1. The molecule has 0 radical (unpaired) electrons. The van der Waals surface area contributed by atoms with E-state index < -0.39 is 12.1 Å². The van der Waals surface area contributed by atoms with Gasteiger partial charge in [-0.05, 0) is 24.6 Å². The van der Waals surface area contributed by atoms with Crippen LogP contribution in [0.25, 0.3) is 0 Å². The van der Waals surface area contributed by atoms with Crippen LogP contribution in [0.5, 0.6) is 0 Å². The Morgan fingerprint density at radius 2 is 2.00 bits per heavy atom. The van der Waals surface area contributed by atoms with Gasteiger partial charge in [0.25, 0.3) is 0 Å². The maximum Gasteiger partial charge on any atom is 0.412 e. The Kier molecular flexibility index (Phi) is 2.71. The SMILES string of the molecule is Cc1ccc(C(=O)OC(N)=O)cc1N. The molecule has 0 aliphatic rings. The highest BCUT2D eigenvalue weighted by molar-refractivity contribution is 5.96. The molecule has 0 atom stereocenters. The van der Waals surface area contributed by atoms with Gasteiger partial charge in [0.1, 0.15) is 0 Å². The van der Waals surface area contributed by atoms with Crippen LogP contribution in [-0.2, 0) is 4.74 Å². The average molecular weight is 194 g/mol. The molecule has 0 saturated heterocycles. The number of benzene rings is 1. The minimum atomic E-state index is -1.13. The number of aryl methyl sites for hydroxylation is 1. The number of ether oxygens (including phenoxy) is 1. The first kappa shape index (κ1) is 10.0. The molecule has 1 amide bonds. The summed E-state index contributed by atoms with van der Waals surface area (Å²) in [6, 6.07) is 4.60. The molecule has 0 spiro atoms. The van der Waals surface area contributed by atoms with Gasteiger partial charge >= 0.3 is 12.1 Å². The first-order valence-electron chi connectivity index (χ1n) is 3.88. The standard InChI is InChI=1S/C9H10N2O3/c1-5-2-3-6(4-7(5)10)8(12)14-9(11)13/h2-4H,10H2,1H3,(H2,11,13). The fraction of sp³-hybridized carbons (Fsp3) is 0.111. The highest BCUT2D eigenvalue weighted by Gasteiger charge is 2.10. The molecule has 1 aromatic rings. The lowest BCUT2D eigenvalue weighted by molar-refractivity contribution is 0.0638. The molecule has 0 unspecified atom stereocenters. The van der Waals surface area contributed by atoms with E-state index in [4.69, 9.17) is 5.73 Å². The van der Waals surface area contributed by atoms with Gasteiger partial charge in [-0.2, -0.15) is 0 Å². The van der Waals surface area contributed by atoms with Crippen LogP contribution >= 0.6 is 0 Å². The molecule has 0 aliphatic heterocycles. The van der Waals surface area contributed by atoms with Crippen molar-refractivity contribution in [2.75, 3.05) is 5.73 Å². The fourth-order valence-electron chi connectivity index (χ4n) is 0.918. The second-order valence-electron chi connectivity index (χ2n) is 2.78. The van der Waals surface area contributed by atoms with Gasteiger partial charge in [-0.1, -0.05) is 6.07 Å². The molecule has 0 bridgehead atoms. The molecule has 4 N–H and O–H groups in total. The lowest BCUT2D eigenvalue weighted by Crippen LogP contribution is -2.18. The molecule has 74 valence electrons. The molecule has 1 rings (SSSR count). The highest BCUT2D eigenvalue weighted by Crippen LogP contribution is 2.13. The number of nitrogens with two attached hydrogens (primary N) is 2. The second kappa shape index (κ2) is 3.78. The van der Waals surface area contributed by atoms with E-state index in [9.17, 15) is 9.59 Å². The second-order valence-corrected chi connectivity index (χ2v) is 2.78. The van der Waals surface area contributed by atoms with Gasteiger partial charge in [0, 0.05) is 5.69 Å². The van der Waals surface area contributed by atoms with Crippen LogP contribution in [0.4, 0.5) is 10.5 Å². The van der Waals surface area contributed by atoms with Crippen molar-refractivity contribution in [3.63, 3.8) is 0 Å². The third kappa shape index (κ3) is 2.22. The number of hydrogen-bond donors (Lipinski definition) is 2. The van der Waals surface area contributed by atoms with E-state index >= 15 is 0 Å². The fourth-order valence-corrected chi connectivity index (χ4v) is 0.918. The van der Waals surface area contributed by atoms with E-state index in [0.717, 1.165) is 5.56 Å². The lowest BCUT2D eigenvalue weighted by Gasteiger charge is -2.03. The van der Waals surface area contributed by atoms with Crippen molar-refractivity contribution in [3.8, 4) is 0 Å². The first-order valence-corrected chi connectivity index (χ1v) is 3.88. The summed E-state index contributed by atoms with van der Waals surface area (Å²) < 4.78 is 4.18. The number of esters is 1. The summed E-state index contributed by atoms with van der Waals surface area (Å²) in [5.41, 5.74) is 11.8. The van der Waals surface area contributed by atoms with Gasteiger partial charge in [0.05, 0.1) is 5.56 Å². The van der Waals surface area contributed by atoms with Crippen LogP contribution in [-0.4, -0.2) is 12.1 Å². The topological polar surface area (TPSA) is 95.4 Å². The number of nitrogen functional groups attached to an aromatic ring is 1. The summed E-state index contributed by atoms with van der Waals surface area (Å²) in [6.07, 6.45) is -1.13. The molecule has 0 aromatic heterocycles. The molecule has 14 heavy (non-hydrogen) atoms. The summed E-state index contributed by atoms with van der Waals surface area (Å²) in [7, 11) is 0. The molecule has 0 saturated carbocycles. The maximum absolute atomic E-state index is 11.1. The Hall–Kier alpha value is -2.04. The first-order chi connectivity index (χ1) is 6.50. The lowest BCUT2D eigenvalue weighted by atomic mass is 10.1. The Balaban J connectivity index is 2.91. The predicted octanol–water partition coefficient (Wildman–Crippen LogP) is 0.813. The van der Waals surface area contributed by atoms with Crippen molar-refractivity contribution >= 4 is 17.7 Å². The van der Waals surface area contributed by atoms with Gasteiger partial charge in [-0.25, -0.2) is 9.59 Å². The highest BCUT2D eigenvalue weighted by atomic mass is 16.6. The van der Waals surface area contributed by atoms with Gasteiger partial charge in [-0.3, -0.25) is 0 Å². The molecule has 5 heteroatoms. The zero-order valence-corrected chi connectivity index (χ0v) is 7.61.